The molecule has 3 aromatic rings. The minimum absolute atomic E-state index is 0.182. The highest BCUT2D eigenvalue weighted by molar-refractivity contribution is 7.89. The highest BCUT2D eigenvalue weighted by Gasteiger charge is 2.45. The number of aromatic nitrogens is 1. The molecule has 12 heteroatoms. The van der Waals surface area contributed by atoms with Gasteiger partial charge in [0.2, 0.25) is 15.8 Å². The molecule has 5 atom stereocenters. The van der Waals surface area contributed by atoms with E-state index >= 15 is 0 Å². The molecule has 0 amide bonds. The quantitative estimate of drug-likeness (QED) is 0.196. The molecule has 1 N–H and O–H groups in total. The van der Waals surface area contributed by atoms with Crippen molar-refractivity contribution in [2.75, 3.05) is 20.2 Å². The summed E-state index contributed by atoms with van der Waals surface area (Å²) in [6, 6.07) is 4.99. The molecule has 2 aromatic carbocycles. The van der Waals surface area contributed by atoms with Crippen LogP contribution < -0.4 is 9.46 Å². The van der Waals surface area contributed by atoms with E-state index in [0.717, 1.165) is 6.42 Å². The molecule has 0 spiro atoms. The van der Waals surface area contributed by atoms with Crippen LogP contribution in [0.1, 0.15) is 24.4 Å². The molecule has 6 rings (SSSR count). The van der Waals surface area contributed by atoms with Gasteiger partial charge in [-0.1, -0.05) is 6.08 Å². The minimum atomic E-state index is -5.25. The van der Waals surface area contributed by atoms with Gasteiger partial charge in [-0.25, -0.2) is 35.1 Å². The molecule has 1 aromatic heterocycles. The van der Waals surface area contributed by atoms with Crippen LogP contribution >= 0.6 is 0 Å². The zero-order valence-corrected chi connectivity index (χ0v) is 21.0. The van der Waals surface area contributed by atoms with Crippen molar-refractivity contribution in [2.24, 2.45) is 11.8 Å². The molecule has 3 saturated heterocycles. The maximum Gasteiger partial charge on any atom is 0.247 e. The van der Waals surface area contributed by atoms with Crippen LogP contribution in [-0.2, 0) is 10.0 Å². The SMILES string of the molecule is C=C[C@H]1CN2CC[C@H]1C[C@H]2[C@@H](NS(=O)(=O)c1c(F)c(F)c(F)c(F)c1F)c1ccnc2ccc(OC)cc12. The lowest BCUT2D eigenvalue weighted by Crippen LogP contribution is -2.57. The van der Waals surface area contributed by atoms with Gasteiger partial charge in [-0.2, -0.15) is 0 Å². The van der Waals surface area contributed by atoms with Crippen molar-refractivity contribution in [2.45, 2.75) is 29.8 Å². The number of piperidine rings is 3. The fourth-order valence-electron chi connectivity index (χ4n) is 5.66. The van der Waals surface area contributed by atoms with Gasteiger partial charge in [0.1, 0.15) is 5.75 Å². The first kappa shape index (κ1) is 26.5. The van der Waals surface area contributed by atoms with E-state index in [4.69, 9.17) is 4.74 Å². The average Bonchev–Trinajstić information content (AvgIpc) is 2.93. The Morgan fingerprint density at radius 1 is 1.11 bits per heavy atom. The molecule has 0 saturated carbocycles. The Morgan fingerprint density at radius 2 is 1.79 bits per heavy atom. The van der Waals surface area contributed by atoms with E-state index in [-0.39, 0.29) is 11.8 Å². The molecule has 1 unspecified atom stereocenters. The lowest BCUT2D eigenvalue weighted by Gasteiger charge is -2.51. The number of benzene rings is 2. The molecule has 2 bridgehead atoms. The summed E-state index contributed by atoms with van der Waals surface area (Å²) in [6.45, 7) is 5.12. The van der Waals surface area contributed by atoms with Gasteiger partial charge in [0, 0.05) is 24.2 Å². The van der Waals surface area contributed by atoms with Crippen LogP contribution in [0.4, 0.5) is 22.0 Å². The monoisotopic (exact) mass is 553 g/mol. The number of nitrogens with zero attached hydrogens (tertiary/aromatic N) is 2. The summed E-state index contributed by atoms with van der Waals surface area (Å²) in [6.07, 6.45) is 4.70. The third-order valence-corrected chi connectivity index (χ3v) is 9.04. The van der Waals surface area contributed by atoms with Crippen molar-refractivity contribution in [1.82, 2.24) is 14.6 Å². The van der Waals surface area contributed by atoms with E-state index in [1.54, 1.807) is 24.3 Å². The Hall–Kier alpha value is -3.09. The molecule has 3 aliphatic heterocycles. The van der Waals surface area contributed by atoms with Gasteiger partial charge in [0.05, 0.1) is 18.7 Å². The standard InChI is InChI=1S/C26H24F5N3O3S/c1-3-13-12-34-9-7-14(13)10-19(34)25(16-6-8-32-18-5-4-15(37-2)11-17(16)18)33-38(35,36)26-23(30)21(28)20(27)22(29)24(26)31/h3-6,8,11,13-14,19,25,33H,1,7,9-10,12H2,2H3/t13-,14-,19-,25-/m0/s1. The molecule has 38 heavy (non-hydrogen) atoms. The second-order valence-corrected chi connectivity index (χ2v) is 11.2. The number of halogens is 5. The molecular formula is C26H24F5N3O3S. The van der Waals surface area contributed by atoms with Gasteiger partial charge in [0.25, 0.3) is 0 Å². The fraction of sp³-hybridized carbons (Fsp3) is 0.346. The number of sulfonamides is 1. The molecule has 3 fully saturated rings. The van der Waals surface area contributed by atoms with Crippen LogP contribution in [0.5, 0.6) is 5.75 Å². The minimum Gasteiger partial charge on any atom is -0.497 e. The predicted molar refractivity (Wildman–Crippen MR) is 129 cm³/mol. The number of hydrogen-bond donors (Lipinski definition) is 1. The Balaban J connectivity index is 1.67. The molecule has 0 aliphatic carbocycles. The van der Waals surface area contributed by atoms with E-state index in [1.165, 1.54) is 13.3 Å². The summed E-state index contributed by atoms with van der Waals surface area (Å²) in [5, 5.41) is 0.514. The Morgan fingerprint density at radius 3 is 2.39 bits per heavy atom. The maximum atomic E-state index is 14.6. The van der Waals surface area contributed by atoms with Crippen molar-refractivity contribution in [3.05, 3.63) is 77.8 Å². The van der Waals surface area contributed by atoms with E-state index in [1.807, 2.05) is 6.08 Å². The fourth-order valence-corrected chi connectivity index (χ4v) is 7.05. The van der Waals surface area contributed by atoms with Crippen molar-refractivity contribution >= 4 is 20.9 Å². The third-order valence-electron chi connectivity index (χ3n) is 7.58. The van der Waals surface area contributed by atoms with E-state index < -0.39 is 56.1 Å². The molecule has 202 valence electrons. The van der Waals surface area contributed by atoms with Crippen LogP contribution in [0.3, 0.4) is 0 Å². The van der Waals surface area contributed by atoms with Crippen LogP contribution in [0.2, 0.25) is 0 Å². The summed E-state index contributed by atoms with van der Waals surface area (Å²) >= 11 is 0. The number of nitrogens with one attached hydrogen (secondary N) is 1. The molecule has 6 nitrogen and oxygen atoms in total. The third kappa shape index (κ3) is 4.34. The molecule has 0 radical (unpaired) electrons. The van der Waals surface area contributed by atoms with Gasteiger partial charge in [-0.15, -0.1) is 6.58 Å². The Kier molecular flexibility index (Phi) is 6.91. The summed E-state index contributed by atoms with van der Waals surface area (Å²) < 4.78 is 105. The van der Waals surface area contributed by atoms with Crippen LogP contribution in [0.15, 0.2) is 48.0 Å². The van der Waals surface area contributed by atoms with Gasteiger partial charge < -0.3 is 4.74 Å². The Bertz CT molecular complexity index is 1510. The van der Waals surface area contributed by atoms with Gasteiger partial charge in [-0.3, -0.25) is 9.88 Å². The van der Waals surface area contributed by atoms with Crippen LogP contribution in [-0.4, -0.2) is 44.5 Å². The Labute approximate surface area is 216 Å². The first-order valence-corrected chi connectivity index (χ1v) is 13.4. The molecule has 4 heterocycles. The number of fused-ring (bicyclic) bond motifs is 4. The largest absolute Gasteiger partial charge is 0.497 e. The number of methoxy groups -OCH3 is 1. The normalized spacial score (nSPS) is 23.9. The van der Waals surface area contributed by atoms with E-state index in [9.17, 15) is 30.4 Å². The lowest BCUT2D eigenvalue weighted by atomic mass is 9.73. The highest BCUT2D eigenvalue weighted by Crippen LogP contribution is 2.43. The van der Waals surface area contributed by atoms with Crippen molar-refractivity contribution in [3.8, 4) is 5.75 Å². The summed E-state index contributed by atoms with van der Waals surface area (Å²) in [4.78, 5) is 4.45. The zero-order valence-electron chi connectivity index (χ0n) is 20.2. The van der Waals surface area contributed by atoms with Crippen molar-refractivity contribution in [3.63, 3.8) is 0 Å². The summed E-state index contributed by atoms with van der Waals surface area (Å²) in [7, 11) is -3.79. The van der Waals surface area contributed by atoms with Crippen molar-refractivity contribution < 1.29 is 35.1 Å². The van der Waals surface area contributed by atoms with Gasteiger partial charge >= 0.3 is 0 Å². The lowest BCUT2D eigenvalue weighted by molar-refractivity contribution is 0.00488. The smallest absolute Gasteiger partial charge is 0.247 e. The zero-order chi connectivity index (χ0) is 27.4. The second-order valence-electron chi connectivity index (χ2n) is 9.53. The number of hydrogen-bond acceptors (Lipinski definition) is 5. The van der Waals surface area contributed by atoms with E-state index in [2.05, 4.69) is 21.2 Å². The number of pyridine rings is 1. The van der Waals surface area contributed by atoms with Gasteiger partial charge in [0.15, 0.2) is 28.2 Å². The molecule has 3 aliphatic rings. The summed E-state index contributed by atoms with van der Waals surface area (Å²) in [5.74, 6) is -11.1. The van der Waals surface area contributed by atoms with Gasteiger partial charge in [-0.05, 0) is 61.1 Å². The van der Waals surface area contributed by atoms with Crippen LogP contribution in [0, 0.1) is 40.9 Å². The van der Waals surface area contributed by atoms with Crippen molar-refractivity contribution in [1.29, 1.82) is 0 Å². The maximum absolute atomic E-state index is 14.6. The average molecular weight is 554 g/mol. The van der Waals surface area contributed by atoms with E-state index in [0.29, 0.717) is 41.7 Å². The summed E-state index contributed by atoms with van der Waals surface area (Å²) in [5.41, 5.74) is 0.928. The number of rotatable bonds is 7. The predicted octanol–water partition coefficient (Wildman–Crippen LogP) is 4.85. The first-order valence-electron chi connectivity index (χ1n) is 11.9. The topological polar surface area (TPSA) is 71.5 Å². The highest BCUT2D eigenvalue weighted by atomic mass is 32.2. The van der Waals surface area contributed by atoms with Crippen LogP contribution in [0.25, 0.3) is 10.9 Å². The second kappa shape index (κ2) is 9.90. The first-order chi connectivity index (χ1) is 18.1. The number of ether oxygens (including phenoxy) is 1. The molecular weight excluding hydrogens is 529 g/mol.